The van der Waals surface area contributed by atoms with Crippen LogP contribution >= 0.6 is 0 Å². The normalized spacial score (nSPS) is 16.9. The van der Waals surface area contributed by atoms with Crippen molar-refractivity contribution in [2.24, 2.45) is 0 Å². The van der Waals surface area contributed by atoms with Crippen LogP contribution in [0.5, 0.6) is 0 Å². The largest absolute Gasteiger partial charge is 0.310 e. The highest BCUT2D eigenvalue weighted by Gasteiger charge is 2.48. The van der Waals surface area contributed by atoms with E-state index in [1.165, 1.54) is 201 Å². The van der Waals surface area contributed by atoms with Gasteiger partial charge in [-0.1, -0.05) is 471 Å². The van der Waals surface area contributed by atoms with Gasteiger partial charge in [0.25, 0.3) is 0 Å². The van der Waals surface area contributed by atoms with E-state index in [2.05, 4.69) is 610 Å². The number of fused-ring (bicyclic) bond motifs is 18. The molecule has 0 saturated carbocycles. The number of nitrogens with zero attached hydrogens (tertiary/aromatic N) is 3. The molecule has 6 aliphatic rings. The summed E-state index contributed by atoms with van der Waals surface area (Å²) in [5.41, 5.74) is 53.6. The van der Waals surface area contributed by atoms with Crippen molar-refractivity contribution < 1.29 is 0 Å². The van der Waals surface area contributed by atoms with E-state index in [0.717, 1.165) is 39.8 Å². The molecule has 22 aromatic rings. The van der Waals surface area contributed by atoms with Crippen LogP contribution in [0, 0.1) is 0 Å². The molecule has 712 valence electrons. The average Bonchev–Trinajstić information content (AvgIpc) is 1.55. The molecule has 28 rings (SSSR count). The van der Waals surface area contributed by atoms with E-state index in [4.69, 9.17) is 0 Å². The van der Waals surface area contributed by atoms with Gasteiger partial charge in [0.05, 0.1) is 11.4 Å². The molecule has 3 nitrogen and oxygen atoms in total. The molecular formula is C146H113N3. The highest BCUT2D eigenvalue weighted by molar-refractivity contribution is 5.99. The van der Waals surface area contributed by atoms with Crippen LogP contribution in [0.2, 0.25) is 0 Å². The van der Waals surface area contributed by atoms with Crippen molar-refractivity contribution in [3.8, 4) is 100 Å². The fourth-order valence-corrected chi connectivity index (χ4v) is 26.3. The first-order valence-electron chi connectivity index (χ1n) is 52.5. The van der Waals surface area contributed by atoms with Gasteiger partial charge in [-0.2, -0.15) is 0 Å². The van der Waals surface area contributed by atoms with Crippen LogP contribution in [0.1, 0.15) is 144 Å². The molecule has 0 amide bonds. The van der Waals surface area contributed by atoms with E-state index in [0.29, 0.717) is 0 Å². The topological polar surface area (TPSA) is 9.72 Å². The van der Waals surface area contributed by atoms with Crippen LogP contribution in [-0.4, -0.2) is 0 Å². The van der Waals surface area contributed by atoms with E-state index >= 15 is 0 Å². The van der Waals surface area contributed by atoms with Crippen molar-refractivity contribution in [1.82, 2.24) is 0 Å². The molecule has 22 aromatic carbocycles. The zero-order valence-corrected chi connectivity index (χ0v) is 85.2. The molecule has 0 N–H and O–H groups in total. The van der Waals surface area contributed by atoms with Crippen molar-refractivity contribution in [1.29, 1.82) is 0 Å². The van der Waals surface area contributed by atoms with Crippen LogP contribution in [0.4, 0.5) is 51.2 Å². The molecule has 0 heterocycles. The van der Waals surface area contributed by atoms with Crippen LogP contribution in [0.25, 0.3) is 100 Å². The molecule has 0 bridgehead atoms. The van der Waals surface area contributed by atoms with E-state index in [-0.39, 0.29) is 32.5 Å². The number of anilines is 9. The predicted molar refractivity (Wildman–Crippen MR) is 625 cm³/mol. The highest BCUT2D eigenvalue weighted by Crippen LogP contribution is 2.63. The Morgan fingerprint density at radius 2 is 0.349 bits per heavy atom. The molecule has 0 saturated heterocycles. The lowest BCUT2D eigenvalue weighted by Gasteiger charge is -2.33. The summed E-state index contributed by atoms with van der Waals surface area (Å²) >= 11 is 0. The summed E-state index contributed by atoms with van der Waals surface area (Å²) in [6.07, 6.45) is 0. The van der Waals surface area contributed by atoms with Crippen molar-refractivity contribution >= 4 is 51.2 Å². The molecular weight excluding hydrogens is 1800 g/mol. The van der Waals surface area contributed by atoms with Crippen LogP contribution < -0.4 is 14.7 Å². The summed E-state index contributed by atoms with van der Waals surface area (Å²) in [7, 11) is 0. The summed E-state index contributed by atoms with van der Waals surface area (Å²) in [5, 5.41) is 0. The second kappa shape index (κ2) is 36.2. The molecule has 149 heavy (non-hydrogen) atoms. The Labute approximate surface area is 876 Å². The van der Waals surface area contributed by atoms with Gasteiger partial charge in [0.1, 0.15) is 0 Å². The van der Waals surface area contributed by atoms with Crippen LogP contribution in [-0.2, 0) is 32.5 Å². The second-order valence-electron chi connectivity index (χ2n) is 42.6. The fourth-order valence-electron chi connectivity index (χ4n) is 26.3. The number of hydrogen-bond acceptors (Lipinski definition) is 3. The standard InChI is InChI=1S/C52H39N.2C47H37N/c1-51(38-18-8-4-9-19-38)47-24-14-12-22-43(47)45-32-30-41(34-49(45)51)53(40-28-26-37(27-29-40)36-16-6-3-7-17-36)42-31-33-46-44-23-13-15-25-48(44)52(2,50(46)35-42)39-20-10-5-11-21-39;1-46(2)40-21-12-11-20-39(40)45-42(46)23-14-24-44(45)48(35-27-25-33(26-28-35)32-15-6-4-7-16-32)36-29-30-38-37-19-10-13-22-41(37)47(3,43(38)31-36)34-17-8-5-9-18-34;1-46(2)41-22-12-10-20-38(41)40-21-14-24-44(45(40)46)48(35-27-25-33(26-28-35)32-15-6-4-7-16-32)36-29-30-39-37-19-11-13-23-42(37)47(3,43(39)31-36)34-17-8-5-9-18-34/h3-35H,1-2H3;2*4-31H,1-3H3. The van der Waals surface area contributed by atoms with Gasteiger partial charge in [-0.05, 0) is 308 Å². The molecule has 4 unspecified atom stereocenters. The predicted octanol–water partition coefficient (Wildman–Crippen LogP) is 38.4. The Morgan fingerprint density at radius 3 is 0.678 bits per heavy atom. The fraction of sp³-hybridized carbons (Fsp3) is 0.0959. The van der Waals surface area contributed by atoms with Crippen molar-refractivity contribution in [2.75, 3.05) is 14.7 Å². The van der Waals surface area contributed by atoms with Gasteiger partial charge < -0.3 is 14.7 Å². The van der Waals surface area contributed by atoms with Gasteiger partial charge >= 0.3 is 0 Å². The zero-order valence-electron chi connectivity index (χ0n) is 85.2. The number of rotatable bonds is 16. The minimum Gasteiger partial charge on any atom is -0.310 e. The maximum atomic E-state index is 2.50. The van der Waals surface area contributed by atoms with Gasteiger partial charge in [0.2, 0.25) is 0 Å². The van der Waals surface area contributed by atoms with Gasteiger partial charge in [-0.25, -0.2) is 0 Å². The molecule has 0 aromatic heterocycles. The van der Waals surface area contributed by atoms with Gasteiger partial charge in [-0.3, -0.25) is 0 Å². The highest BCUT2D eigenvalue weighted by atomic mass is 15.2. The monoisotopic (exact) mass is 1910 g/mol. The maximum absolute atomic E-state index is 2.50. The molecule has 0 aliphatic heterocycles. The van der Waals surface area contributed by atoms with Gasteiger partial charge in [-0.15, -0.1) is 0 Å². The van der Waals surface area contributed by atoms with Crippen LogP contribution in [0.3, 0.4) is 0 Å². The Morgan fingerprint density at radius 1 is 0.134 bits per heavy atom. The first kappa shape index (κ1) is 91.2. The molecule has 3 heteroatoms. The minimum absolute atomic E-state index is 0.0871. The van der Waals surface area contributed by atoms with E-state index < -0.39 is 0 Å². The quantitative estimate of drug-likeness (QED) is 0.0955. The zero-order chi connectivity index (χ0) is 100. The molecule has 4 atom stereocenters. The average molecular weight is 1910 g/mol. The van der Waals surface area contributed by atoms with Gasteiger partial charge in [0, 0.05) is 77.9 Å². The maximum Gasteiger partial charge on any atom is 0.0543 e. The third kappa shape index (κ3) is 14.7. The molecule has 6 aliphatic carbocycles. The lowest BCUT2D eigenvalue weighted by Crippen LogP contribution is -2.23. The van der Waals surface area contributed by atoms with Gasteiger partial charge in [0.15, 0.2) is 0 Å². The molecule has 0 spiro atoms. The van der Waals surface area contributed by atoms with E-state index in [1.807, 2.05) is 0 Å². The Bertz CT molecular complexity index is 8760. The van der Waals surface area contributed by atoms with E-state index in [9.17, 15) is 0 Å². The Balaban J connectivity index is 0.000000113. The lowest BCUT2D eigenvalue weighted by atomic mass is 9.74. The first-order chi connectivity index (χ1) is 73.0. The van der Waals surface area contributed by atoms with E-state index in [1.54, 1.807) is 0 Å². The summed E-state index contributed by atoms with van der Waals surface area (Å²) in [6, 6.07) is 199. The Hall–Kier alpha value is -17.8. The van der Waals surface area contributed by atoms with Crippen LogP contribution in [0.15, 0.2) is 540 Å². The first-order valence-corrected chi connectivity index (χ1v) is 52.5. The van der Waals surface area contributed by atoms with Crippen molar-refractivity contribution in [3.63, 3.8) is 0 Å². The molecule has 0 radical (unpaired) electrons. The summed E-state index contributed by atoms with van der Waals surface area (Å²) in [6.45, 7) is 19.1. The SMILES string of the molecule is CC1(C)c2ccccc2-c2c(N(c3ccc(-c4ccccc4)cc3)c3ccc4c(c3)C(C)(c3ccccc3)c3ccccc3-4)cccc21.CC1(C)c2ccccc2-c2cccc(N(c3ccc(-c4ccccc4)cc3)c3ccc4c(c3)C(C)(c3ccccc3)c3ccccc3-4)c21.CC1(c2ccccc2)c2ccccc2-c2ccc(N(c3ccc(-c4ccccc4)cc3)c3ccc4c(c3)C(C)(c3ccccc3)c3ccccc3-4)cc21. The molecule has 0 fully saturated rings. The summed E-state index contributed by atoms with van der Waals surface area (Å²) < 4.78 is 0. The Kier molecular flexibility index (Phi) is 22.1. The smallest absolute Gasteiger partial charge is 0.0543 e. The summed E-state index contributed by atoms with van der Waals surface area (Å²) in [4.78, 5) is 7.44. The lowest BCUT2D eigenvalue weighted by molar-refractivity contribution is 0.660. The third-order valence-electron chi connectivity index (χ3n) is 34.0. The second-order valence-corrected chi connectivity index (χ2v) is 42.6. The third-order valence-corrected chi connectivity index (χ3v) is 34.0. The minimum atomic E-state index is -0.294. The van der Waals surface area contributed by atoms with Crippen molar-refractivity contribution in [3.05, 3.63) is 629 Å². The number of hydrogen-bond donors (Lipinski definition) is 0. The summed E-state index contributed by atoms with van der Waals surface area (Å²) in [5.74, 6) is 0. The van der Waals surface area contributed by atoms with Crippen molar-refractivity contribution in [2.45, 2.75) is 87.9 Å². The number of benzene rings is 22.